The lowest BCUT2D eigenvalue weighted by Crippen LogP contribution is -2.19. The molecule has 0 aliphatic rings. The zero-order valence-electron chi connectivity index (χ0n) is 17.4. The molecule has 2 aromatic carbocycles. The highest BCUT2D eigenvalue weighted by Crippen LogP contribution is 2.24. The standard InChI is InChI=1S/C23H25N5O2/c1-27(2)15-16-30-20-13-9-18(10-14-20)24-23-25-22-6-4-5-21(28(22)26-23)17-7-11-19(29-3)12-8-17/h4-14H,15-16H2,1-3H3,(H,24,26). The average Bonchev–Trinajstić information content (AvgIpc) is 3.17. The van der Waals surface area contributed by atoms with Crippen LogP contribution in [-0.2, 0) is 0 Å². The van der Waals surface area contributed by atoms with Crippen LogP contribution in [0.1, 0.15) is 0 Å². The Kier molecular flexibility index (Phi) is 5.81. The molecule has 0 aliphatic heterocycles. The van der Waals surface area contributed by atoms with E-state index in [9.17, 15) is 0 Å². The van der Waals surface area contributed by atoms with Gasteiger partial charge >= 0.3 is 0 Å². The summed E-state index contributed by atoms with van der Waals surface area (Å²) in [5, 5.41) is 7.91. The third-order valence-corrected chi connectivity index (χ3v) is 4.66. The highest BCUT2D eigenvalue weighted by Gasteiger charge is 2.09. The summed E-state index contributed by atoms with van der Waals surface area (Å²) in [5.41, 5.74) is 3.67. The molecule has 4 rings (SSSR count). The highest BCUT2D eigenvalue weighted by molar-refractivity contribution is 5.65. The van der Waals surface area contributed by atoms with Crippen LogP contribution < -0.4 is 14.8 Å². The third-order valence-electron chi connectivity index (χ3n) is 4.66. The third kappa shape index (κ3) is 4.52. The van der Waals surface area contributed by atoms with Gasteiger partial charge in [-0.1, -0.05) is 6.07 Å². The molecule has 7 nitrogen and oxygen atoms in total. The van der Waals surface area contributed by atoms with Gasteiger partial charge in [0.25, 0.3) is 0 Å². The van der Waals surface area contributed by atoms with Crippen LogP contribution in [0.25, 0.3) is 16.9 Å². The minimum atomic E-state index is 0.539. The van der Waals surface area contributed by atoms with Crippen molar-refractivity contribution in [3.63, 3.8) is 0 Å². The Balaban J connectivity index is 1.51. The second-order valence-corrected chi connectivity index (χ2v) is 7.15. The maximum Gasteiger partial charge on any atom is 0.247 e. The van der Waals surface area contributed by atoms with Crippen LogP contribution in [0.2, 0.25) is 0 Å². The van der Waals surface area contributed by atoms with Gasteiger partial charge in [0.1, 0.15) is 18.1 Å². The van der Waals surface area contributed by atoms with Crippen molar-refractivity contribution in [2.75, 3.05) is 39.7 Å². The van der Waals surface area contributed by atoms with E-state index in [1.54, 1.807) is 7.11 Å². The highest BCUT2D eigenvalue weighted by atomic mass is 16.5. The monoisotopic (exact) mass is 403 g/mol. The first kappa shape index (κ1) is 19.7. The number of pyridine rings is 1. The lowest BCUT2D eigenvalue weighted by atomic mass is 10.1. The van der Waals surface area contributed by atoms with Crippen LogP contribution in [0.4, 0.5) is 11.6 Å². The number of ether oxygens (including phenoxy) is 2. The second-order valence-electron chi connectivity index (χ2n) is 7.15. The van der Waals surface area contributed by atoms with Crippen molar-refractivity contribution in [1.82, 2.24) is 19.5 Å². The van der Waals surface area contributed by atoms with Crippen molar-refractivity contribution < 1.29 is 9.47 Å². The number of aromatic nitrogens is 3. The van der Waals surface area contributed by atoms with Crippen LogP contribution in [-0.4, -0.2) is 53.9 Å². The zero-order valence-corrected chi connectivity index (χ0v) is 17.4. The van der Waals surface area contributed by atoms with Crippen molar-refractivity contribution >= 4 is 17.3 Å². The Hall–Kier alpha value is -3.58. The maximum absolute atomic E-state index is 5.74. The molecule has 0 aliphatic carbocycles. The molecule has 30 heavy (non-hydrogen) atoms. The first-order valence-electron chi connectivity index (χ1n) is 9.77. The molecule has 0 saturated carbocycles. The molecule has 0 saturated heterocycles. The van der Waals surface area contributed by atoms with E-state index in [4.69, 9.17) is 9.47 Å². The smallest absolute Gasteiger partial charge is 0.247 e. The molecule has 2 heterocycles. The summed E-state index contributed by atoms with van der Waals surface area (Å²) in [6, 6.07) is 21.6. The SMILES string of the molecule is COc1ccc(-c2cccc3nc(Nc4ccc(OCCN(C)C)cc4)nn23)cc1. The molecular formula is C23H25N5O2. The zero-order chi connectivity index (χ0) is 20.9. The number of likely N-dealkylation sites (N-methyl/N-ethyl adjacent to an activating group) is 1. The molecule has 154 valence electrons. The summed E-state index contributed by atoms with van der Waals surface area (Å²) < 4.78 is 12.8. The molecule has 0 spiro atoms. The van der Waals surface area contributed by atoms with Crippen molar-refractivity contribution in [3.8, 4) is 22.8 Å². The maximum atomic E-state index is 5.74. The number of benzene rings is 2. The average molecular weight is 403 g/mol. The van der Waals surface area contributed by atoms with E-state index in [1.807, 2.05) is 85.3 Å². The summed E-state index contributed by atoms with van der Waals surface area (Å²) in [4.78, 5) is 6.69. The van der Waals surface area contributed by atoms with Gasteiger partial charge in [-0.25, -0.2) is 4.52 Å². The minimum absolute atomic E-state index is 0.539. The van der Waals surface area contributed by atoms with Gasteiger partial charge in [0.05, 0.1) is 12.8 Å². The normalized spacial score (nSPS) is 11.1. The van der Waals surface area contributed by atoms with Gasteiger partial charge in [0.15, 0.2) is 5.65 Å². The second kappa shape index (κ2) is 8.84. The first-order chi connectivity index (χ1) is 14.6. The number of anilines is 2. The van der Waals surface area contributed by atoms with Crippen LogP contribution in [0.15, 0.2) is 66.7 Å². The molecule has 0 bridgehead atoms. The summed E-state index contributed by atoms with van der Waals surface area (Å²) in [5.74, 6) is 2.20. The quantitative estimate of drug-likeness (QED) is 0.478. The van der Waals surface area contributed by atoms with Gasteiger partial charge in [0, 0.05) is 17.8 Å². The Morgan fingerprint density at radius 2 is 1.67 bits per heavy atom. The summed E-state index contributed by atoms with van der Waals surface area (Å²) >= 11 is 0. The molecule has 0 amide bonds. The molecule has 1 N–H and O–H groups in total. The van der Waals surface area contributed by atoms with E-state index >= 15 is 0 Å². The summed E-state index contributed by atoms with van der Waals surface area (Å²) in [6.07, 6.45) is 0. The van der Waals surface area contributed by atoms with Crippen LogP contribution in [0.3, 0.4) is 0 Å². The van der Waals surface area contributed by atoms with Gasteiger partial charge in [-0.2, -0.15) is 4.98 Å². The van der Waals surface area contributed by atoms with E-state index < -0.39 is 0 Å². The molecule has 0 atom stereocenters. The lowest BCUT2D eigenvalue weighted by molar-refractivity contribution is 0.261. The Morgan fingerprint density at radius 3 is 2.37 bits per heavy atom. The van der Waals surface area contributed by atoms with E-state index in [0.717, 1.165) is 40.6 Å². The van der Waals surface area contributed by atoms with Gasteiger partial charge in [-0.15, -0.1) is 5.10 Å². The van der Waals surface area contributed by atoms with E-state index in [0.29, 0.717) is 12.6 Å². The van der Waals surface area contributed by atoms with Crippen LogP contribution in [0.5, 0.6) is 11.5 Å². The fourth-order valence-electron chi connectivity index (χ4n) is 3.05. The largest absolute Gasteiger partial charge is 0.497 e. The van der Waals surface area contributed by atoms with Gasteiger partial charge in [0.2, 0.25) is 5.95 Å². The molecule has 0 radical (unpaired) electrons. The van der Waals surface area contributed by atoms with Crippen molar-refractivity contribution in [3.05, 3.63) is 66.7 Å². The Morgan fingerprint density at radius 1 is 0.933 bits per heavy atom. The first-order valence-corrected chi connectivity index (χ1v) is 9.77. The molecule has 0 fully saturated rings. The van der Waals surface area contributed by atoms with Gasteiger partial charge in [-0.3, -0.25) is 0 Å². The van der Waals surface area contributed by atoms with Crippen molar-refractivity contribution in [1.29, 1.82) is 0 Å². The Bertz CT molecular complexity index is 1100. The number of hydrogen-bond acceptors (Lipinski definition) is 6. The number of fused-ring (bicyclic) bond motifs is 1. The van der Waals surface area contributed by atoms with Crippen LogP contribution >= 0.6 is 0 Å². The fraction of sp³-hybridized carbons (Fsp3) is 0.217. The van der Waals surface area contributed by atoms with Crippen molar-refractivity contribution in [2.45, 2.75) is 0 Å². The number of nitrogens with zero attached hydrogens (tertiary/aromatic N) is 4. The topological polar surface area (TPSA) is 63.9 Å². The lowest BCUT2D eigenvalue weighted by Gasteiger charge is -2.11. The van der Waals surface area contributed by atoms with E-state index in [1.165, 1.54) is 0 Å². The summed E-state index contributed by atoms with van der Waals surface area (Å²) in [6.45, 7) is 1.53. The number of rotatable bonds is 8. The van der Waals surface area contributed by atoms with Gasteiger partial charge < -0.3 is 19.7 Å². The number of methoxy groups -OCH3 is 1. The van der Waals surface area contributed by atoms with E-state index in [2.05, 4.69) is 20.3 Å². The minimum Gasteiger partial charge on any atom is -0.497 e. The van der Waals surface area contributed by atoms with E-state index in [-0.39, 0.29) is 0 Å². The van der Waals surface area contributed by atoms with Crippen molar-refractivity contribution in [2.24, 2.45) is 0 Å². The Labute approximate surface area is 175 Å². The number of nitrogens with one attached hydrogen (secondary N) is 1. The fourth-order valence-corrected chi connectivity index (χ4v) is 3.05. The van der Waals surface area contributed by atoms with Gasteiger partial charge in [-0.05, 0) is 74.8 Å². The summed E-state index contributed by atoms with van der Waals surface area (Å²) in [7, 11) is 5.71. The predicted molar refractivity (Wildman–Crippen MR) is 119 cm³/mol. The predicted octanol–water partition coefficient (Wildman–Crippen LogP) is 4.09. The van der Waals surface area contributed by atoms with Crippen LogP contribution in [0, 0.1) is 0 Å². The molecule has 2 aromatic heterocycles. The molecule has 0 unspecified atom stereocenters. The molecule has 4 aromatic rings. The molecular weight excluding hydrogens is 378 g/mol. The number of hydrogen-bond donors (Lipinski definition) is 1. The molecule has 7 heteroatoms.